The second kappa shape index (κ2) is 9.11. The number of hydrogen-bond acceptors (Lipinski definition) is 5. The van der Waals surface area contributed by atoms with Crippen molar-refractivity contribution in [1.29, 1.82) is 0 Å². The van der Waals surface area contributed by atoms with E-state index in [4.69, 9.17) is 4.84 Å². The maximum atomic E-state index is 12.7. The van der Waals surface area contributed by atoms with E-state index in [1.807, 2.05) is 0 Å². The van der Waals surface area contributed by atoms with Gasteiger partial charge >= 0.3 is 6.18 Å². The summed E-state index contributed by atoms with van der Waals surface area (Å²) in [6.45, 7) is 4.62. The highest BCUT2D eigenvalue weighted by Crippen LogP contribution is 2.25. The number of halogens is 3. The number of Topliss-reactive ketones (excluding diaryl/α,β-unsaturated/α-hetero) is 1. The van der Waals surface area contributed by atoms with Crippen molar-refractivity contribution in [2.24, 2.45) is 0 Å². The predicted octanol–water partition coefficient (Wildman–Crippen LogP) is 1.54. The van der Waals surface area contributed by atoms with Gasteiger partial charge in [-0.2, -0.15) is 24.9 Å². The molecule has 0 aromatic rings. The van der Waals surface area contributed by atoms with E-state index in [9.17, 15) is 27.6 Å². The van der Waals surface area contributed by atoms with Gasteiger partial charge in [-0.15, -0.1) is 0 Å². The van der Waals surface area contributed by atoms with E-state index in [2.05, 4.69) is 5.32 Å². The predicted molar refractivity (Wildman–Crippen MR) is 79.6 cm³/mol. The van der Waals surface area contributed by atoms with Crippen molar-refractivity contribution in [3.05, 3.63) is 0 Å². The Hall–Kier alpha value is -1.29. The summed E-state index contributed by atoms with van der Waals surface area (Å²) in [4.78, 5) is 39.8. The molecule has 0 aromatic heterocycles. The van der Waals surface area contributed by atoms with Gasteiger partial charge in [0.2, 0.25) is 12.2 Å². The first kappa shape index (κ1) is 21.7. The van der Waals surface area contributed by atoms with Gasteiger partial charge in [-0.1, -0.05) is 0 Å². The number of carbonyl (C=O) groups excluding carboxylic acids is 3. The van der Waals surface area contributed by atoms with Gasteiger partial charge in [0.25, 0.3) is 5.91 Å². The second-order valence-electron chi connectivity index (χ2n) is 5.62. The zero-order valence-corrected chi connectivity index (χ0v) is 14.2. The highest BCUT2D eigenvalue weighted by Gasteiger charge is 2.42. The monoisotopic (exact) mass is 358 g/mol. The first-order valence-corrected chi connectivity index (χ1v) is 8.11. The van der Waals surface area contributed by atoms with Gasteiger partial charge in [-0.05, 0) is 27.0 Å². The molecule has 0 fully saturated rings. The van der Waals surface area contributed by atoms with Crippen molar-refractivity contribution in [2.45, 2.75) is 45.0 Å². The molecule has 2 amide bonds. The van der Waals surface area contributed by atoms with Crippen molar-refractivity contribution >= 4 is 29.9 Å². The Bertz CT molecular complexity index is 424. The van der Waals surface area contributed by atoms with Crippen LogP contribution in [-0.2, 0) is 19.2 Å². The summed E-state index contributed by atoms with van der Waals surface area (Å²) in [5.41, 5.74) is -1.01. The smallest absolute Gasteiger partial charge is 0.349 e. The van der Waals surface area contributed by atoms with Crippen LogP contribution in [0.2, 0.25) is 0 Å². The lowest BCUT2D eigenvalue weighted by Gasteiger charge is -2.32. The number of nitrogens with zero attached hydrogens (tertiary/aromatic N) is 1. The number of ketones is 1. The fourth-order valence-corrected chi connectivity index (χ4v) is 1.80. The van der Waals surface area contributed by atoms with Gasteiger partial charge in [-0.3, -0.25) is 19.2 Å². The molecule has 0 saturated heterocycles. The molecule has 0 aliphatic heterocycles. The number of nitrogens with one attached hydrogen (secondary N) is 1. The molecule has 0 aliphatic carbocycles. The van der Waals surface area contributed by atoms with Gasteiger partial charge < -0.3 is 5.32 Å². The lowest BCUT2D eigenvalue weighted by molar-refractivity contribution is -0.244. The molecule has 0 spiro atoms. The molecule has 134 valence electrons. The van der Waals surface area contributed by atoms with Crippen LogP contribution >= 0.6 is 11.8 Å². The summed E-state index contributed by atoms with van der Waals surface area (Å²) in [6.07, 6.45) is -4.68. The van der Waals surface area contributed by atoms with Crippen LogP contribution in [0.15, 0.2) is 0 Å². The normalized spacial score (nSPS) is 13.3. The van der Waals surface area contributed by atoms with Crippen LogP contribution in [0.3, 0.4) is 0 Å². The highest BCUT2D eigenvalue weighted by molar-refractivity contribution is 7.98. The molecule has 0 bridgehead atoms. The Kier molecular flexibility index (Phi) is 8.60. The molecule has 6 nitrogen and oxygen atoms in total. The Morgan fingerprint density at radius 2 is 1.87 bits per heavy atom. The molecule has 0 aromatic carbocycles. The molecular formula is C13H21F3N2O4S. The third-order valence-electron chi connectivity index (χ3n) is 2.33. The third-order valence-corrected chi connectivity index (χ3v) is 2.95. The number of hydrogen-bond donors (Lipinski definition) is 1. The zero-order chi connectivity index (χ0) is 18.3. The van der Waals surface area contributed by atoms with Gasteiger partial charge in [0.05, 0.1) is 12.0 Å². The molecule has 1 unspecified atom stereocenters. The summed E-state index contributed by atoms with van der Waals surface area (Å²) in [5, 5.41) is 2.47. The van der Waals surface area contributed by atoms with E-state index in [0.29, 0.717) is 5.75 Å². The van der Waals surface area contributed by atoms with Crippen molar-refractivity contribution < 1.29 is 32.4 Å². The molecule has 0 aliphatic rings. The number of alkyl halides is 3. The Morgan fingerprint density at radius 3 is 2.26 bits per heavy atom. The fraction of sp³-hybridized carbons (Fsp3) is 0.769. The standard InChI is InChI=1S/C13H21F3N2O4S/c1-12(2,3)22-18(8-19)9(7-13(14,15)16)10(20)11(21)17-5-6-23-4/h8-9H,5-7H2,1-4H3,(H,17,21). The lowest BCUT2D eigenvalue weighted by Crippen LogP contribution is -2.51. The average Bonchev–Trinajstić information content (AvgIpc) is 2.39. The van der Waals surface area contributed by atoms with Crippen LogP contribution in [0.1, 0.15) is 27.2 Å². The van der Waals surface area contributed by atoms with Crippen LogP contribution in [0.5, 0.6) is 0 Å². The Morgan fingerprint density at radius 1 is 1.30 bits per heavy atom. The molecule has 0 rings (SSSR count). The van der Waals surface area contributed by atoms with E-state index in [-0.39, 0.29) is 18.0 Å². The number of rotatable bonds is 9. The molecular weight excluding hydrogens is 337 g/mol. The number of thioether (sulfide) groups is 1. The van der Waals surface area contributed by atoms with Gasteiger partial charge in [0.15, 0.2) is 0 Å². The van der Waals surface area contributed by atoms with Crippen molar-refractivity contribution in [1.82, 2.24) is 10.4 Å². The minimum absolute atomic E-state index is 0.0330. The minimum atomic E-state index is -4.75. The van der Waals surface area contributed by atoms with Crippen molar-refractivity contribution in [3.8, 4) is 0 Å². The lowest BCUT2D eigenvalue weighted by atomic mass is 10.1. The summed E-state index contributed by atoms with van der Waals surface area (Å²) in [5.74, 6) is -2.06. The molecule has 0 saturated carbocycles. The van der Waals surface area contributed by atoms with Gasteiger partial charge in [0, 0.05) is 12.3 Å². The van der Waals surface area contributed by atoms with Crippen LogP contribution in [0.4, 0.5) is 13.2 Å². The molecule has 0 radical (unpaired) electrons. The van der Waals surface area contributed by atoms with Crippen molar-refractivity contribution in [3.63, 3.8) is 0 Å². The minimum Gasteiger partial charge on any atom is -0.349 e. The van der Waals surface area contributed by atoms with Crippen molar-refractivity contribution in [2.75, 3.05) is 18.6 Å². The third kappa shape index (κ3) is 9.44. The molecule has 1 N–H and O–H groups in total. The Labute approximate surface area is 137 Å². The number of amides is 2. The average molecular weight is 358 g/mol. The fourth-order valence-electron chi connectivity index (χ4n) is 1.50. The van der Waals surface area contributed by atoms with E-state index >= 15 is 0 Å². The summed E-state index contributed by atoms with van der Waals surface area (Å²) in [7, 11) is 0. The molecule has 10 heteroatoms. The van der Waals surface area contributed by atoms with Crippen LogP contribution < -0.4 is 5.32 Å². The summed E-state index contributed by atoms with van der Waals surface area (Å²) < 4.78 is 38.0. The topological polar surface area (TPSA) is 75.7 Å². The van der Waals surface area contributed by atoms with Crippen LogP contribution in [-0.4, -0.2) is 59.5 Å². The van der Waals surface area contributed by atoms with E-state index in [1.165, 1.54) is 32.5 Å². The number of hydroxylamine groups is 2. The van der Waals surface area contributed by atoms with Crippen LogP contribution in [0, 0.1) is 0 Å². The maximum absolute atomic E-state index is 12.7. The first-order valence-electron chi connectivity index (χ1n) is 6.71. The quantitative estimate of drug-likeness (QED) is 0.293. The molecule has 1 atom stereocenters. The van der Waals surface area contributed by atoms with E-state index < -0.39 is 35.9 Å². The zero-order valence-electron chi connectivity index (χ0n) is 13.4. The van der Waals surface area contributed by atoms with E-state index in [1.54, 1.807) is 6.26 Å². The van der Waals surface area contributed by atoms with Gasteiger partial charge in [-0.25, -0.2) is 5.06 Å². The summed E-state index contributed by atoms with van der Waals surface area (Å²) >= 11 is 1.40. The van der Waals surface area contributed by atoms with E-state index in [0.717, 1.165) is 0 Å². The summed E-state index contributed by atoms with van der Waals surface area (Å²) in [6, 6.07) is -2.07. The first-order chi connectivity index (χ1) is 10.4. The highest BCUT2D eigenvalue weighted by atomic mass is 32.2. The largest absolute Gasteiger partial charge is 0.391 e. The SMILES string of the molecule is CSCCNC(=O)C(=O)C(CC(F)(F)F)N(C=O)OC(C)(C)C. The Balaban J connectivity index is 5.22. The molecule has 0 heterocycles. The van der Waals surface area contributed by atoms with Crippen LogP contribution in [0.25, 0.3) is 0 Å². The maximum Gasteiger partial charge on any atom is 0.391 e. The molecule has 23 heavy (non-hydrogen) atoms. The van der Waals surface area contributed by atoms with Gasteiger partial charge in [0.1, 0.15) is 6.04 Å². The second-order valence-corrected chi connectivity index (χ2v) is 6.60. The number of carbonyl (C=O) groups is 3.